The minimum Gasteiger partial charge on any atom is -0.449 e. The van der Waals surface area contributed by atoms with Gasteiger partial charge in [-0.1, -0.05) is 24.3 Å². The van der Waals surface area contributed by atoms with E-state index in [0.717, 1.165) is 23.1 Å². The third-order valence-electron chi connectivity index (χ3n) is 4.43. The van der Waals surface area contributed by atoms with Gasteiger partial charge in [-0.05, 0) is 36.9 Å². The van der Waals surface area contributed by atoms with Gasteiger partial charge in [0.25, 0.3) is 5.56 Å². The van der Waals surface area contributed by atoms with Gasteiger partial charge >= 0.3 is 6.18 Å². The van der Waals surface area contributed by atoms with Gasteiger partial charge in [-0.2, -0.15) is 13.2 Å². The molecule has 0 aliphatic heterocycles. The molecule has 0 fully saturated rings. The van der Waals surface area contributed by atoms with Crippen molar-refractivity contribution in [3.8, 4) is 0 Å². The van der Waals surface area contributed by atoms with E-state index < -0.39 is 11.7 Å². The molecule has 0 spiro atoms. The van der Waals surface area contributed by atoms with E-state index in [4.69, 9.17) is 4.42 Å². The van der Waals surface area contributed by atoms with Gasteiger partial charge in [0.1, 0.15) is 16.9 Å². The Morgan fingerprint density at radius 2 is 1.79 bits per heavy atom. The SMILES string of the molecule is CN(Cc1ccc(C(F)(F)F)cc1)Cc1nc2c(oc3ccccc32)c(=O)[nH]1. The third-order valence-corrected chi connectivity index (χ3v) is 4.43. The standard InChI is InChI=1S/C20H16F3N3O2/c1-26(10-12-6-8-13(9-7-12)20(21,22)23)11-16-24-17-14-4-2-3-5-15(14)28-18(17)19(27)25-16/h2-9H,10-11H2,1H3,(H,24,25,27). The van der Waals surface area contributed by atoms with Crippen molar-refractivity contribution in [2.45, 2.75) is 19.3 Å². The number of halogens is 3. The summed E-state index contributed by atoms with van der Waals surface area (Å²) in [6.07, 6.45) is -4.35. The molecule has 0 bridgehead atoms. The van der Waals surface area contributed by atoms with Crippen LogP contribution in [0.25, 0.3) is 22.1 Å². The minimum atomic E-state index is -4.35. The van der Waals surface area contributed by atoms with Gasteiger partial charge in [0.15, 0.2) is 0 Å². The maximum absolute atomic E-state index is 12.7. The molecule has 4 aromatic rings. The average Bonchev–Trinajstić information content (AvgIpc) is 3.01. The minimum absolute atomic E-state index is 0.176. The van der Waals surface area contributed by atoms with E-state index in [0.29, 0.717) is 30.0 Å². The van der Waals surface area contributed by atoms with Gasteiger partial charge in [0.05, 0.1) is 12.1 Å². The number of nitrogens with zero attached hydrogens (tertiary/aromatic N) is 2. The predicted molar refractivity (Wildman–Crippen MR) is 98.8 cm³/mol. The fraction of sp³-hybridized carbons (Fsp3) is 0.200. The summed E-state index contributed by atoms with van der Waals surface area (Å²) in [5, 5.41) is 0.759. The summed E-state index contributed by atoms with van der Waals surface area (Å²) < 4.78 is 43.5. The molecule has 2 heterocycles. The number of aromatic nitrogens is 2. The van der Waals surface area contributed by atoms with Gasteiger partial charge < -0.3 is 9.40 Å². The summed E-state index contributed by atoms with van der Waals surface area (Å²) >= 11 is 0. The van der Waals surface area contributed by atoms with E-state index in [1.165, 1.54) is 12.1 Å². The summed E-state index contributed by atoms with van der Waals surface area (Å²) in [5.41, 5.74) is 0.951. The van der Waals surface area contributed by atoms with E-state index >= 15 is 0 Å². The number of furan rings is 1. The predicted octanol–water partition coefficient (Wildman–Crippen LogP) is 4.32. The summed E-state index contributed by atoms with van der Waals surface area (Å²) in [7, 11) is 1.80. The van der Waals surface area contributed by atoms with Gasteiger partial charge in [-0.25, -0.2) is 4.98 Å². The Kier molecular flexibility index (Phi) is 4.43. The molecule has 2 aromatic carbocycles. The maximum atomic E-state index is 12.7. The third kappa shape index (κ3) is 3.50. The zero-order valence-corrected chi connectivity index (χ0v) is 14.9. The molecule has 0 saturated carbocycles. The van der Waals surface area contributed by atoms with Crippen molar-refractivity contribution in [3.05, 3.63) is 75.8 Å². The van der Waals surface area contributed by atoms with Crippen LogP contribution in [0.2, 0.25) is 0 Å². The topological polar surface area (TPSA) is 62.1 Å². The molecule has 0 radical (unpaired) electrons. The Morgan fingerprint density at radius 1 is 1.07 bits per heavy atom. The van der Waals surface area contributed by atoms with Crippen molar-refractivity contribution in [2.24, 2.45) is 0 Å². The smallest absolute Gasteiger partial charge is 0.416 e. The van der Waals surface area contributed by atoms with Crippen LogP contribution in [0.3, 0.4) is 0 Å². The monoisotopic (exact) mass is 387 g/mol. The zero-order chi connectivity index (χ0) is 19.9. The highest BCUT2D eigenvalue weighted by atomic mass is 19.4. The summed E-state index contributed by atoms with van der Waals surface area (Å²) in [5.74, 6) is 0.457. The molecule has 8 heteroatoms. The quantitative estimate of drug-likeness (QED) is 0.567. The largest absolute Gasteiger partial charge is 0.449 e. The van der Waals surface area contributed by atoms with Crippen LogP contribution >= 0.6 is 0 Å². The molecular weight excluding hydrogens is 371 g/mol. The molecule has 0 saturated heterocycles. The molecule has 144 valence electrons. The maximum Gasteiger partial charge on any atom is 0.416 e. The number of benzene rings is 2. The van der Waals surface area contributed by atoms with Gasteiger partial charge in [-0.3, -0.25) is 9.69 Å². The number of aromatic amines is 1. The fourth-order valence-corrected chi connectivity index (χ4v) is 3.14. The second-order valence-corrected chi connectivity index (χ2v) is 6.66. The number of fused-ring (bicyclic) bond motifs is 3. The van der Waals surface area contributed by atoms with Crippen LogP contribution in [0.5, 0.6) is 0 Å². The lowest BCUT2D eigenvalue weighted by Crippen LogP contribution is -2.21. The van der Waals surface area contributed by atoms with E-state index in [2.05, 4.69) is 9.97 Å². The highest BCUT2D eigenvalue weighted by Crippen LogP contribution is 2.29. The summed E-state index contributed by atoms with van der Waals surface area (Å²) in [6.45, 7) is 0.734. The second-order valence-electron chi connectivity index (χ2n) is 6.66. The lowest BCUT2D eigenvalue weighted by atomic mass is 10.1. The Morgan fingerprint density at radius 3 is 2.50 bits per heavy atom. The van der Waals surface area contributed by atoms with Crippen LogP contribution < -0.4 is 5.56 Å². The molecule has 0 atom stereocenters. The Hall–Kier alpha value is -3.13. The fourth-order valence-electron chi connectivity index (χ4n) is 3.14. The zero-order valence-electron chi connectivity index (χ0n) is 14.9. The Bertz CT molecular complexity index is 1190. The van der Waals surface area contributed by atoms with E-state index in [1.54, 1.807) is 13.1 Å². The lowest BCUT2D eigenvalue weighted by molar-refractivity contribution is -0.137. The van der Waals surface area contributed by atoms with Crippen LogP contribution in [0, 0.1) is 0 Å². The number of para-hydroxylation sites is 1. The van der Waals surface area contributed by atoms with Gasteiger partial charge in [0.2, 0.25) is 5.58 Å². The number of H-pyrrole nitrogens is 1. The van der Waals surface area contributed by atoms with Crippen molar-refractivity contribution in [3.63, 3.8) is 0 Å². The molecular formula is C20H16F3N3O2. The molecule has 28 heavy (non-hydrogen) atoms. The molecule has 0 amide bonds. The average molecular weight is 387 g/mol. The number of alkyl halides is 3. The van der Waals surface area contributed by atoms with E-state index in [-0.39, 0.29) is 11.1 Å². The van der Waals surface area contributed by atoms with E-state index in [1.807, 2.05) is 23.1 Å². The first kappa shape index (κ1) is 18.2. The Labute approximate surface area is 157 Å². The second kappa shape index (κ2) is 6.79. The molecule has 2 aromatic heterocycles. The van der Waals surface area contributed by atoms with Crippen molar-refractivity contribution < 1.29 is 17.6 Å². The number of nitrogens with one attached hydrogen (secondary N) is 1. The first-order valence-corrected chi connectivity index (χ1v) is 8.56. The van der Waals surface area contributed by atoms with E-state index in [9.17, 15) is 18.0 Å². The molecule has 0 unspecified atom stereocenters. The van der Waals surface area contributed by atoms with Crippen LogP contribution in [-0.4, -0.2) is 21.9 Å². The van der Waals surface area contributed by atoms with Crippen LogP contribution in [0.15, 0.2) is 57.7 Å². The van der Waals surface area contributed by atoms with Crippen molar-refractivity contribution in [1.82, 2.24) is 14.9 Å². The molecule has 5 nitrogen and oxygen atoms in total. The number of rotatable bonds is 4. The molecule has 0 aliphatic rings. The molecule has 1 N–H and O–H groups in total. The van der Waals surface area contributed by atoms with Crippen LogP contribution in [-0.2, 0) is 19.3 Å². The summed E-state index contributed by atoms with van der Waals surface area (Å²) in [6, 6.07) is 12.3. The highest BCUT2D eigenvalue weighted by molar-refractivity contribution is 6.01. The lowest BCUT2D eigenvalue weighted by Gasteiger charge is -2.16. The number of hydrogen-bond acceptors (Lipinski definition) is 4. The molecule has 0 aliphatic carbocycles. The van der Waals surface area contributed by atoms with Gasteiger partial charge in [0, 0.05) is 11.9 Å². The van der Waals surface area contributed by atoms with Crippen LogP contribution in [0.4, 0.5) is 13.2 Å². The Balaban J connectivity index is 1.56. The normalized spacial score (nSPS) is 12.3. The van der Waals surface area contributed by atoms with Gasteiger partial charge in [-0.15, -0.1) is 0 Å². The summed E-state index contributed by atoms with van der Waals surface area (Å²) in [4.78, 5) is 21.4. The van der Waals surface area contributed by atoms with Crippen LogP contribution in [0.1, 0.15) is 17.0 Å². The molecule has 4 rings (SSSR count). The highest BCUT2D eigenvalue weighted by Gasteiger charge is 2.29. The van der Waals surface area contributed by atoms with Crippen molar-refractivity contribution in [1.29, 1.82) is 0 Å². The number of hydrogen-bond donors (Lipinski definition) is 1. The first-order chi connectivity index (χ1) is 13.3. The van der Waals surface area contributed by atoms with Crippen molar-refractivity contribution in [2.75, 3.05) is 7.05 Å². The van der Waals surface area contributed by atoms with Crippen molar-refractivity contribution >= 4 is 22.1 Å². The first-order valence-electron chi connectivity index (χ1n) is 8.56.